The Labute approximate surface area is 178 Å². The standard InChI is InChI=1S/C22H31N3O3S/c1-16-6-8-17(9-7-16)15-29-11-10-24-22(23-2)25-14-18-12-19(26-3)21(28-5)20(13-18)27-4/h6-9,12-13H,10-11,14-15H2,1-5H3,(H2,23,24,25). The van der Waals surface area contributed by atoms with Gasteiger partial charge in [-0.25, -0.2) is 0 Å². The zero-order chi connectivity index (χ0) is 21.1. The van der Waals surface area contributed by atoms with Gasteiger partial charge >= 0.3 is 0 Å². The topological polar surface area (TPSA) is 64.1 Å². The summed E-state index contributed by atoms with van der Waals surface area (Å²) >= 11 is 1.90. The maximum atomic E-state index is 5.41. The average molecular weight is 418 g/mol. The number of thioether (sulfide) groups is 1. The van der Waals surface area contributed by atoms with Gasteiger partial charge in [-0.05, 0) is 30.2 Å². The number of hydrogen-bond acceptors (Lipinski definition) is 5. The fourth-order valence-electron chi connectivity index (χ4n) is 2.76. The predicted molar refractivity (Wildman–Crippen MR) is 122 cm³/mol. The van der Waals surface area contributed by atoms with Crippen LogP contribution in [0.15, 0.2) is 41.4 Å². The number of nitrogens with one attached hydrogen (secondary N) is 2. The highest BCUT2D eigenvalue weighted by molar-refractivity contribution is 7.98. The summed E-state index contributed by atoms with van der Waals surface area (Å²) in [6.45, 7) is 3.54. The van der Waals surface area contributed by atoms with Crippen LogP contribution in [0.2, 0.25) is 0 Å². The summed E-state index contributed by atoms with van der Waals surface area (Å²) in [6, 6.07) is 12.5. The summed E-state index contributed by atoms with van der Waals surface area (Å²) in [5, 5.41) is 6.66. The molecule has 0 radical (unpaired) electrons. The predicted octanol–water partition coefficient (Wildman–Crippen LogP) is 3.62. The Morgan fingerprint density at radius 2 is 1.59 bits per heavy atom. The minimum Gasteiger partial charge on any atom is -0.493 e. The van der Waals surface area contributed by atoms with Gasteiger partial charge in [0.1, 0.15) is 0 Å². The number of methoxy groups -OCH3 is 3. The maximum absolute atomic E-state index is 5.41. The van der Waals surface area contributed by atoms with E-state index in [0.717, 1.165) is 29.6 Å². The number of aryl methyl sites for hydroxylation is 1. The highest BCUT2D eigenvalue weighted by atomic mass is 32.2. The number of nitrogens with zero attached hydrogens (tertiary/aromatic N) is 1. The second-order valence-corrected chi connectivity index (χ2v) is 7.53. The van der Waals surface area contributed by atoms with Crippen LogP contribution in [-0.4, -0.2) is 46.6 Å². The number of ether oxygens (including phenoxy) is 3. The SMILES string of the molecule is CN=C(NCCSCc1ccc(C)cc1)NCc1cc(OC)c(OC)c(OC)c1. The van der Waals surface area contributed by atoms with Gasteiger partial charge in [0, 0.05) is 31.6 Å². The van der Waals surface area contributed by atoms with Crippen molar-refractivity contribution >= 4 is 17.7 Å². The van der Waals surface area contributed by atoms with E-state index in [-0.39, 0.29) is 0 Å². The highest BCUT2D eigenvalue weighted by Gasteiger charge is 2.13. The quantitative estimate of drug-likeness (QED) is 0.350. The van der Waals surface area contributed by atoms with Gasteiger partial charge in [0.25, 0.3) is 0 Å². The lowest BCUT2D eigenvalue weighted by molar-refractivity contribution is 0.323. The van der Waals surface area contributed by atoms with E-state index in [0.29, 0.717) is 23.8 Å². The Hall–Kier alpha value is -2.54. The molecule has 0 atom stereocenters. The van der Waals surface area contributed by atoms with Crippen LogP contribution in [0.3, 0.4) is 0 Å². The third-order valence-electron chi connectivity index (χ3n) is 4.34. The molecule has 0 aromatic heterocycles. The Morgan fingerprint density at radius 3 is 2.14 bits per heavy atom. The van der Waals surface area contributed by atoms with Gasteiger partial charge < -0.3 is 24.8 Å². The van der Waals surface area contributed by atoms with E-state index in [1.807, 2.05) is 23.9 Å². The molecule has 2 N–H and O–H groups in total. The summed E-state index contributed by atoms with van der Waals surface area (Å²) in [5.74, 6) is 4.64. The van der Waals surface area contributed by atoms with Crippen molar-refractivity contribution < 1.29 is 14.2 Å². The lowest BCUT2D eigenvalue weighted by Crippen LogP contribution is -2.37. The van der Waals surface area contributed by atoms with E-state index in [1.54, 1.807) is 28.4 Å². The second kappa shape index (κ2) is 12.1. The molecular formula is C22H31N3O3S. The van der Waals surface area contributed by atoms with Crippen LogP contribution in [0.5, 0.6) is 17.2 Å². The summed E-state index contributed by atoms with van der Waals surface area (Å²) in [7, 11) is 6.59. The molecule has 2 aromatic rings. The number of aliphatic imine (C=N–C) groups is 1. The van der Waals surface area contributed by atoms with Gasteiger partial charge in [0.2, 0.25) is 5.75 Å². The van der Waals surface area contributed by atoms with Gasteiger partial charge in [0.15, 0.2) is 17.5 Å². The first-order chi connectivity index (χ1) is 14.1. The van der Waals surface area contributed by atoms with Crippen molar-refractivity contribution in [3.63, 3.8) is 0 Å². The molecule has 2 rings (SSSR count). The molecule has 6 nitrogen and oxygen atoms in total. The molecule has 0 saturated heterocycles. The molecule has 0 aliphatic heterocycles. The number of rotatable bonds is 10. The van der Waals surface area contributed by atoms with Crippen LogP contribution in [0.25, 0.3) is 0 Å². The van der Waals surface area contributed by atoms with Crippen LogP contribution in [-0.2, 0) is 12.3 Å². The molecule has 0 bridgehead atoms. The fourth-order valence-corrected chi connectivity index (χ4v) is 3.58. The number of benzene rings is 2. The molecule has 0 unspecified atom stereocenters. The van der Waals surface area contributed by atoms with Crippen molar-refractivity contribution in [1.29, 1.82) is 0 Å². The second-order valence-electron chi connectivity index (χ2n) is 6.42. The summed E-state index contributed by atoms with van der Waals surface area (Å²) in [6.07, 6.45) is 0. The van der Waals surface area contributed by atoms with Gasteiger partial charge in [-0.2, -0.15) is 11.8 Å². The lowest BCUT2D eigenvalue weighted by atomic mass is 10.2. The Morgan fingerprint density at radius 1 is 0.931 bits per heavy atom. The van der Waals surface area contributed by atoms with E-state index in [2.05, 4.69) is 46.8 Å². The normalized spacial score (nSPS) is 11.1. The molecule has 0 aliphatic rings. The van der Waals surface area contributed by atoms with Gasteiger partial charge in [-0.3, -0.25) is 4.99 Å². The largest absolute Gasteiger partial charge is 0.493 e. The highest BCUT2D eigenvalue weighted by Crippen LogP contribution is 2.38. The van der Waals surface area contributed by atoms with Gasteiger partial charge in [-0.15, -0.1) is 0 Å². The van der Waals surface area contributed by atoms with E-state index in [9.17, 15) is 0 Å². The van der Waals surface area contributed by atoms with E-state index in [1.165, 1.54) is 11.1 Å². The first-order valence-corrected chi connectivity index (χ1v) is 10.6. The van der Waals surface area contributed by atoms with E-state index in [4.69, 9.17) is 14.2 Å². The van der Waals surface area contributed by atoms with Gasteiger partial charge in [-0.1, -0.05) is 29.8 Å². The van der Waals surface area contributed by atoms with Crippen LogP contribution in [0.4, 0.5) is 0 Å². The minimum absolute atomic E-state index is 0.590. The minimum atomic E-state index is 0.590. The van der Waals surface area contributed by atoms with Crippen molar-refractivity contribution in [2.24, 2.45) is 4.99 Å². The van der Waals surface area contributed by atoms with Crippen LogP contribution in [0.1, 0.15) is 16.7 Å². The molecular weight excluding hydrogens is 386 g/mol. The molecule has 0 saturated carbocycles. The van der Waals surface area contributed by atoms with Crippen LogP contribution < -0.4 is 24.8 Å². The van der Waals surface area contributed by atoms with Crippen molar-refractivity contribution in [3.8, 4) is 17.2 Å². The monoisotopic (exact) mass is 417 g/mol. The fraction of sp³-hybridized carbons (Fsp3) is 0.409. The Bertz CT molecular complexity index is 769. The third-order valence-corrected chi connectivity index (χ3v) is 5.37. The summed E-state index contributed by atoms with van der Waals surface area (Å²) in [5.41, 5.74) is 3.66. The molecule has 2 aromatic carbocycles. The lowest BCUT2D eigenvalue weighted by Gasteiger charge is -2.16. The van der Waals surface area contributed by atoms with Gasteiger partial charge in [0.05, 0.1) is 21.3 Å². The Balaban J connectivity index is 1.79. The van der Waals surface area contributed by atoms with Crippen molar-refractivity contribution in [1.82, 2.24) is 10.6 Å². The summed E-state index contributed by atoms with van der Waals surface area (Å²) < 4.78 is 16.2. The van der Waals surface area contributed by atoms with Crippen molar-refractivity contribution in [3.05, 3.63) is 53.1 Å². The molecule has 158 valence electrons. The van der Waals surface area contributed by atoms with E-state index >= 15 is 0 Å². The molecule has 0 amide bonds. The first kappa shape index (κ1) is 22.7. The smallest absolute Gasteiger partial charge is 0.203 e. The van der Waals surface area contributed by atoms with E-state index < -0.39 is 0 Å². The maximum Gasteiger partial charge on any atom is 0.203 e. The van der Waals surface area contributed by atoms with Crippen molar-refractivity contribution in [2.45, 2.75) is 19.2 Å². The molecule has 7 heteroatoms. The average Bonchev–Trinajstić information content (AvgIpc) is 2.75. The third kappa shape index (κ3) is 7.09. The molecule has 0 aliphatic carbocycles. The zero-order valence-electron chi connectivity index (χ0n) is 17.9. The first-order valence-electron chi connectivity index (χ1n) is 9.48. The number of hydrogen-bond donors (Lipinski definition) is 2. The number of guanidine groups is 1. The molecule has 0 heterocycles. The van der Waals surface area contributed by atoms with Crippen molar-refractivity contribution in [2.75, 3.05) is 40.7 Å². The molecule has 0 fully saturated rings. The van der Waals surface area contributed by atoms with Crippen LogP contribution in [0, 0.1) is 6.92 Å². The Kier molecular flexibility index (Phi) is 9.50. The zero-order valence-corrected chi connectivity index (χ0v) is 18.7. The molecule has 0 spiro atoms. The molecule has 29 heavy (non-hydrogen) atoms. The summed E-state index contributed by atoms with van der Waals surface area (Å²) in [4.78, 5) is 4.29. The van der Waals surface area contributed by atoms with Crippen LogP contribution >= 0.6 is 11.8 Å².